The largest absolute Gasteiger partial charge is 0.374 e. The lowest BCUT2D eigenvalue weighted by Crippen LogP contribution is -2.44. The lowest BCUT2D eigenvalue weighted by atomic mass is 10.0. The fourth-order valence-electron chi connectivity index (χ4n) is 3.69. The molecule has 2 heterocycles. The smallest absolute Gasteiger partial charge is 0.0397 e. The van der Waals surface area contributed by atoms with E-state index in [0.29, 0.717) is 6.04 Å². The van der Waals surface area contributed by atoms with Gasteiger partial charge in [0.05, 0.1) is 0 Å². The van der Waals surface area contributed by atoms with Gasteiger partial charge in [0, 0.05) is 38.4 Å². The van der Waals surface area contributed by atoms with Crippen LogP contribution in [0.2, 0.25) is 0 Å². The number of hydrogen-bond acceptors (Lipinski definition) is 3. The highest BCUT2D eigenvalue weighted by Crippen LogP contribution is 2.28. The van der Waals surface area contributed by atoms with Gasteiger partial charge < -0.3 is 10.2 Å². The van der Waals surface area contributed by atoms with Crippen molar-refractivity contribution in [2.45, 2.75) is 38.3 Å². The van der Waals surface area contributed by atoms with E-state index in [1.807, 2.05) is 0 Å². The van der Waals surface area contributed by atoms with Gasteiger partial charge in [-0.15, -0.1) is 0 Å². The second-order valence-corrected chi connectivity index (χ2v) is 6.31. The van der Waals surface area contributed by atoms with Crippen molar-refractivity contribution < 1.29 is 0 Å². The van der Waals surface area contributed by atoms with Gasteiger partial charge in [0.2, 0.25) is 0 Å². The minimum atomic E-state index is 0.713. The van der Waals surface area contributed by atoms with E-state index < -0.39 is 0 Å². The normalized spacial score (nSPS) is 23.1. The van der Waals surface area contributed by atoms with Crippen molar-refractivity contribution in [3.8, 4) is 0 Å². The quantitative estimate of drug-likeness (QED) is 0.908. The first kappa shape index (κ1) is 13.9. The molecule has 3 nitrogen and oxygen atoms in total. The molecule has 0 spiro atoms. The molecule has 3 rings (SSSR count). The van der Waals surface area contributed by atoms with E-state index in [1.54, 1.807) is 0 Å². The van der Waals surface area contributed by atoms with Crippen LogP contribution in [-0.2, 0) is 13.0 Å². The maximum absolute atomic E-state index is 3.35. The van der Waals surface area contributed by atoms with Crippen molar-refractivity contribution in [3.05, 3.63) is 29.3 Å². The van der Waals surface area contributed by atoms with E-state index in [2.05, 4.69) is 47.4 Å². The van der Waals surface area contributed by atoms with Gasteiger partial charge in [0.25, 0.3) is 0 Å². The molecule has 0 saturated carbocycles. The Balaban J connectivity index is 1.70. The van der Waals surface area contributed by atoms with Crippen LogP contribution in [0.3, 0.4) is 0 Å². The molecule has 0 bridgehead atoms. The summed E-state index contributed by atoms with van der Waals surface area (Å²) in [5.74, 6) is 0. The topological polar surface area (TPSA) is 18.5 Å². The van der Waals surface area contributed by atoms with E-state index in [0.717, 1.165) is 13.1 Å². The van der Waals surface area contributed by atoms with Crippen molar-refractivity contribution in [3.63, 3.8) is 0 Å². The summed E-state index contributed by atoms with van der Waals surface area (Å²) in [4.78, 5) is 5.03. The molecule has 1 atom stereocenters. The van der Waals surface area contributed by atoms with Gasteiger partial charge in [-0.05, 0) is 50.0 Å². The van der Waals surface area contributed by atoms with Gasteiger partial charge in [-0.2, -0.15) is 0 Å². The number of fused-ring (bicyclic) bond motifs is 1. The number of likely N-dealkylation sites (N-methyl/N-ethyl adjacent to an activating group) is 2. The molecule has 1 aromatic carbocycles. The van der Waals surface area contributed by atoms with Crippen LogP contribution in [0.1, 0.15) is 30.4 Å². The van der Waals surface area contributed by atoms with E-state index >= 15 is 0 Å². The molecule has 110 valence electrons. The van der Waals surface area contributed by atoms with Crippen LogP contribution in [-0.4, -0.2) is 44.7 Å². The maximum atomic E-state index is 3.35. The minimum Gasteiger partial charge on any atom is -0.374 e. The zero-order chi connectivity index (χ0) is 13.9. The van der Waals surface area contributed by atoms with E-state index in [9.17, 15) is 0 Å². The molecule has 20 heavy (non-hydrogen) atoms. The highest BCUT2D eigenvalue weighted by molar-refractivity contribution is 5.58. The van der Waals surface area contributed by atoms with Crippen molar-refractivity contribution in [1.29, 1.82) is 0 Å². The lowest BCUT2D eigenvalue weighted by Gasteiger charge is -2.35. The molecule has 1 N–H and O–H groups in total. The first-order valence-electron chi connectivity index (χ1n) is 7.99. The first-order chi connectivity index (χ1) is 9.78. The number of likely N-dealkylation sites (tertiary alicyclic amines) is 1. The van der Waals surface area contributed by atoms with Gasteiger partial charge >= 0.3 is 0 Å². The highest BCUT2D eigenvalue weighted by Gasteiger charge is 2.22. The van der Waals surface area contributed by atoms with E-state index in [4.69, 9.17) is 0 Å². The number of rotatable bonds is 4. The van der Waals surface area contributed by atoms with Crippen LogP contribution in [0.25, 0.3) is 0 Å². The Morgan fingerprint density at radius 2 is 2.15 bits per heavy atom. The first-order valence-corrected chi connectivity index (χ1v) is 7.99. The predicted octanol–water partition coefficient (Wildman–Crippen LogP) is 2.25. The van der Waals surface area contributed by atoms with Gasteiger partial charge in [-0.25, -0.2) is 0 Å². The van der Waals surface area contributed by atoms with Crippen molar-refractivity contribution in [2.75, 3.05) is 38.6 Å². The molecule has 2 aliphatic heterocycles. The molecule has 0 radical (unpaired) electrons. The number of nitrogens with zero attached hydrogens (tertiary/aromatic N) is 2. The van der Waals surface area contributed by atoms with Crippen LogP contribution in [0.15, 0.2) is 18.2 Å². The van der Waals surface area contributed by atoms with Gasteiger partial charge in [0.15, 0.2) is 0 Å². The van der Waals surface area contributed by atoms with Crippen LogP contribution < -0.4 is 10.2 Å². The zero-order valence-electron chi connectivity index (χ0n) is 12.9. The summed E-state index contributed by atoms with van der Waals surface area (Å²) < 4.78 is 0. The summed E-state index contributed by atoms with van der Waals surface area (Å²) in [6.07, 6.45) is 5.29. The molecule has 1 aromatic rings. The Labute approximate surface area is 123 Å². The maximum Gasteiger partial charge on any atom is 0.0397 e. The summed E-state index contributed by atoms with van der Waals surface area (Å²) in [7, 11) is 4.26. The predicted molar refractivity (Wildman–Crippen MR) is 85.4 cm³/mol. The Bertz CT molecular complexity index is 456. The molecular formula is C17H27N3. The van der Waals surface area contributed by atoms with E-state index in [1.165, 1.54) is 55.6 Å². The zero-order valence-corrected chi connectivity index (χ0v) is 12.9. The Kier molecular flexibility index (Phi) is 4.27. The summed E-state index contributed by atoms with van der Waals surface area (Å²) in [6, 6.07) is 7.79. The van der Waals surface area contributed by atoms with E-state index in [-0.39, 0.29) is 0 Å². The Hall–Kier alpha value is -1.06. The fraction of sp³-hybridized carbons (Fsp3) is 0.647. The molecule has 0 aromatic heterocycles. The molecule has 1 saturated heterocycles. The third kappa shape index (κ3) is 2.84. The lowest BCUT2D eigenvalue weighted by molar-refractivity contribution is 0.139. The number of nitrogens with one attached hydrogen (secondary N) is 1. The number of anilines is 1. The standard InChI is InChI=1S/C17H27N3/c1-18-12-16-5-3-4-9-20(16)13-14-6-7-17-15(11-14)8-10-19(17)2/h6-7,11,16,18H,3-5,8-10,12-13H2,1-2H3. The molecular weight excluding hydrogens is 246 g/mol. The van der Waals surface area contributed by atoms with Gasteiger partial charge in [-0.1, -0.05) is 18.6 Å². The fourth-order valence-corrected chi connectivity index (χ4v) is 3.69. The molecule has 1 unspecified atom stereocenters. The van der Waals surface area contributed by atoms with Crippen LogP contribution >= 0.6 is 0 Å². The van der Waals surface area contributed by atoms with Crippen LogP contribution in [0, 0.1) is 0 Å². The monoisotopic (exact) mass is 273 g/mol. The average Bonchev–Trinajstić information content (AvgIpc) is 2.82. The number of benzene rings is 1. The van der Waals surface area contributed by atoms with Crippen molar-refractivity contribution in [1.82, 2.24) is 10.2 Å². The second kappa shape index (κ2) is 6.15. The minimum absolute atomic E-state index is 0.713. The number of hydrogen-bond donors (Lipinski definition) is 1. The van der Waals surface area contributed by atoms with Gasteiger partial charge in [-0.3, -0.25) is 4.90 Å². The van der Waals surface area contributed by atoms with Crippen LogP contribution in [0.5, 0.6) is 0 Å². The summed E-state index contributed by atoms with van der Waals surface area (Å²) >= 11 is 0. The summed E-state index contributed by atoms with van der Waals surface area (Å²) in [5.41, 5.74) is 4.45. The SMILES string of the molecule is CNCC1CCCCN1Cc1ccc2c(c1)CCN2C. The third-order valence-electron chi connectivity index (χ3n) is 4.85. The van der Waals surface area contributed by atoms with Crippen molar-refractivity contribution >= 4 is 5.69 Å². The van der Waals surface area contributed by atoms with Crippen LogP contribution in [0.4, 0.5) is 5.69 Å². The van der Waals surface area contributed by atoms with Crippen molar-refractivity contribution in [2.24, 2.45) is 0 Å². The molecule has 2 aliphatic rings. The summed E-state index contributed by atoms with van der Waals surface area (Å²) in [5, 5.41) is 3.35. The number of piperidine rings is 1. The summed E-state index contributed by atoms with van der Waals surface area (Å²) in [6.45, 7) is 4.66. The second-order valence-electron chi connectivity index (χ2n) is 6.31. The molecule has 3 heteroatoms. The highest BCUT2D eigenvalue weighted by atomic mass is 15.2. The van der Waals surface area contributed by atoms with Gasteiger partial charge in [0.1, 0.15) is 0 Å². The molecule has 1 fully saturated rings. The Morgan fingerprint density at radius 3 is 3.00 bits per heavy atom. The molecule has 0 amide bonds. The average molecular weight is 273 g/mol. The third-order valence-corrected chi connectivity index (χ3v) is 4.85. The Morgan fingerprint density at radius 1 is 1.25 bits per heavy atom. The molecule has 0 aliphatic carbocycles.